The van der Waals surface area contributed by atoms with Crippen molar-refractivity contribution < 1.29 is 18.1 Å². The molecule has 0 aliphatic carbocycles. The van der Waals surface area contributed by atoms with Gasteiger partial charge in [0.25, 0.3) is 5.69 Å². The van der Waals surface area contributed by atoms with Gasteiger partial charge in [-0.3, -0.25) is 14.9 Å². The molecule has 7 nitrogen and oxygen atoms in total. The minimum atomic E-state index is -3.26. The summed E-state index contributed by atoms with van der Waals surface area (Å²) in [6.07, 6.45) is 3.91. The Bertz CT molecular complexity index is 950. The van der Waals surface area contributed by atoms with Crippen LogP contribution >= 0.6 is 0 Å². The summed E-state index contributed by atoms with van der Waals surface area (Å²) < 4.78 is 22.9. The Morgan fingerprint density at radius 2 is 1.85 bits per heavy atom. The Morgan fingerprint density at radius 3 is 2.42 bits per heavy atom. The number of carbonyl (C=O) groups excluding carboxylic acids is 1. The predicted octanol–water partition coefficient (Wildman–Crippen LogP) is 2.89. The van der Waals surface area contributed by atoms with Crippen molar-refractivity contribution in [1.82, 2.24) is 5.32 Å². The minimum Gasteiger partial charge on any atom is -0.346 e. The van der Waals surface area contributed by atoms with Crippen molar-refractivity contribution in [3.8, 4) is 0 Å². The summed E-state index contributed by atoms with van der Waals surface area (Å²) >= 11 is 0. The average molecular weight is 374 g/mol. The number of hydrogen-bond acceptors (Lipinski definition) is 5. The molecule has 0 radical (unpaired) electrons. The van der Waals surface area contributed by atoms with Gasteiger partial charge in [0.2, 0.25) is 5.91 Å². The van der Waals surface area contributed by atoms with E-state index in [2.05, 4.69) is 5.32 Å². The number of nitro groups is 1. The number of nitrogens with one attached hydrogen (secondary N) is 1. The third-order valence-corrected chi connectivity index (χ3v) is 4.80. The number of carbonyl (C=O) groups is 1. The average Bonchev–Trinajstić information content (AvgIpc) is 2.59. The van der Waals surface area contributed by atoms with Crippen LogP contribution in [0.3, 0.4) is 0 Å². The van der Waals surface area contributed by atoms with E-state index in [-0.39, 0.29) is 22.5 Å². The maximum atomic E-state index is 12.0. The zero-order chi connectivity index (χ0) is 19.3. The van der Waals surface area contributed by atoms with Crippen LogP contribution in [-0.2, 0) is 14.6 Å². The molecule has 2 aromatic rings. The summed E-state index contributed by atoms with van der Waals surface area (Å²) in [5, 5.41) is 13.5. The number of nitro benzene ring substituents is 1. The van der Waals surface area contributed by atoms with Crippen LogP contribution in [-0.4, -0.2) is 25.5 Å². The highest BCUT2D eigenvalue weighted by Gasteiger charge is 2.11. The fraction of sp³-hybridized carbons (Fsp3) is 0.167. The van der Waals surface area contributed by atoms with Crippen molar-refractivity contribution in [2.45, 2.75) is 17.9 Å². The molecule has 8 heteroatoms. The fourth-order valence-corrected chi connectivity index (χ4v) is 2.89. The molecule has 2 aromatic carbocycles. The maximum Gasteiger partial charge on any atom is 0.270 e. The van der Waals surface area contributed by atoms with Crippen LogP contribution in [0.15, 0.2) is 59.5 Å². The van der Waals surface area contributed by atoms with Gasteiger partial charge in [0.05, 0.1) is 15.9 Å². The molecule has 2 rings (SSSR count). The smallest absolute Gasteiger partial charge is 0.270 e. The third-order valence-electron chi connectivity index (χ3n) is 3.68. The molecule has 0 saturated carbocycles. The van der Waals surface area contributed by atoms with Gasteiger partial charge in [-0.2, -0.15) is 0 Å². The third kappa shape index (κ3) is 5.25. The number of sulfone groups is 1. The molecular weight excluding hydrogens is 356 g/mol. The molecule has 1 atom stereocenters. The van der Waals surface area contributed by atoms with E-state index in [0.29, 0.717) is 5.56 Å². The van der Waals surface area contributed by atoms with E-state index in [1.165, 1.54) is 36.4 Å². The van der Waals surface area contributed by atoms with Crippen LogP contribution in [0.4, 0.5) is 5.69 Å². The van der Waals surface area contributed by atoms with Crippen LogP contribution in [0.25, 0.3) is 6.08 Å². The van der Waals surface area contributed by atoms with Crippen LogP contribution < -0.4 is 5.32 Å². The molecule has 0 heterocycles. The number of non-ortho nitro benzene ring substituents is 1. The first kappa shape index (κ1) is 19.3. The van der Waals surface area contributed by atoms with Crippen molar-refractivity contribution in [2.24, 2.45) is 0 Å². The summed E-state index contributed by atoms with van der Waals surface area (Å²) in [5.41, 5.74) is 1.25. The zero-order valence-electron chi connectivity index (χ0n) is 14.2. The Morgan fingerprint density at radius 1 is 1.19 bits per heavy atom. The Labute approximate surface area is 151 Å². The van der Waals surface area contributed by atoms with E-state index >= 15 is 0 Å². The molecular formula is C18H18N2O5S. The lowest BCUT2D eigenvalue weighted by Gasteiger charge is -2.13. The monoisotopic (exact) mass is 374 g/mol. The lowest BCUT2D eigenvalue weighted by Crippen LogP contribution is -2.24. The highest BCUT2D eigenvalue weighted by molar-refractivity contribution is 7.90. The number of rotatable bonds is 6. The van der Waals surface area contributed by atoms with Crippen molar-refractivity contribution in [2.75, 3.05) is 6.26 Å². The molecule has 0 aliphatic heterocycles. The topological polar surface area (TPSA) is 106 Å². The summed E-state index contributed by atoms with van der Waals surface area (Å²) in [5.74, 6) is -0.365. The summed E-state index contributed by atoms with van der Waals surface area (Å²) in [4.78, 5) is 22.5. The molecule has 0 aliphatic rings. The Balaban J connectivity index is 2.03. The number of benzene rings is 2. The lowest BCUT2D eigenvalue weighted by molar-refractivity contribution is -0.384. The normalized spacial score (nSPS) is 12.7. The predicted molar refractivity (Wildman–Crippen MR) is 98.2 cm³/mol. The largest absolute Gasteiger partial charge is 0.346 e. The summed E-state index contributed by atoms with van der Waals surface area (Å²) in [6, 6.07) is 11.9. The van der Waals surface area contributed by atoms with E-state index in [1.807, 2.05) is 0 Å². The van der Waals surface area contributed by atoms with Crippen LogP contribution in [0.2, 0.25) is 0 Å². The van der Waals surface area contributed by atoms with Gasteiger partial charge in [0.1, 0.15) is 0 Å². The molecule has 0 unspecified atom stereocenters. The van der Waals surface area contributed by atoms with Gasteiger partial charge in [-0.15, -0.1) is 0 Å². The van der Waals surface area contributed by atoms with Gasteiger partial charge >= 0.3 is 0 Å². The van der Waals surface area contributed by atoms with E-state index in [9.17, 15) is 23.3 Å². The van der Waals surface area contributed by atoms with E-state index in [0.717, 1.165) is 11.8 Å². The van der Waals surface area contributed by atoms with Crippen LogP contribution in [0.5, 0.6) is 0 Å². The molecule has 0 aromatic heterocycles. The van der Waals surface area contributed by atoms with Crippen molar-refractivity contribution >= 4 is 27.5 Å². The van der Waals surface area contributed by atoms with Gasteiger partial charge in [0, 0.05) is 24.5 Å². The second-order valence-corrected chi connectivity index (χ2v) is 7.77. The second-order valence-electron chi connectivity index (χ2n) is 5.76. The lowest BCUT2D eigenvalue weighted by atomic mass is 10.1. The van der Waals surface area contributed by atoms with Crippen LogP contribution in [0.1, 0.15) is 24.1 Å². The zero-order valence-corrected chi connectivity index (χ0v) is 15.1. The standard InChI is InChI=1S/C18H18N2O5S/c1-13(15-7-9-17(10-8-15)26(2,24)25)19-18(21)11-6-14-4-3-5-16(12-14)20(22)23/h3-13H,1-2H3,(H,19,21)/b11-6+/t13-/m0/s1. The number of nitrogens with zero attached hydrogens (tertiary/aromatic N) is 1. The minimum absolute atomic E-state index is 0.0492. The first-order valence-electron chi connectivity index (χ1n) is 7.70. The second kappa shape index (κ2) is 7.92. The fourth-order valence-electron chi connectivity index (χ4n) is 2.26. The number of hydrogen-bond donors (Lipinski definition) is 1. The molecule has 26 heavy (non-hydrogen) atoms. The Kier molecular flexibility index (Phi) is 5.89. The molecule has 1 amide bonds. The van der Waals surface area contributed by atoms with Gasteiger partial charge in [-0.1, -0.05) is 24.3 Å². The quantitative estimate of drug-likeness (QED) is 0.475. The summed E-state index contributed by atoms with van der Waals surface area (Å²) in [7, 11) is -3.26. The molecule has 1 N–H and O–H groups in total. The molecule has 0 spiro atoms. The van der Waals surface area contributed by atoms with Gasteiger partial charge in [-0.25, -0.2) is 8.42 Å². The first-order valence-corrected chi connectivity index (χ1v) is 9.59. The SMILES string of the molecule is C[C@H](NC(=O)/C=C/c1cccc([N+](=O)[O-])c1)c1ccc(S(C)(=O)=O)cc1. The van der Waals surface area contributed by atoms with Gasteiger partial charge in [0.15, 0.2) is 9.84 Å². The Hall–Kier alpha value is -3.00. The summed E-state index contributed by atoms with van der Waals surface area (Å²) in [6.45, 7) is 1.77. The molecule has 136 valence electrons. The highest BCUT2D eigenvalue weighted by atomic mass is 32.2. The van der Waals surface area contributed by atoms with E-state index in [4.69, 9.17) is 0 Å². The molecule has 0 fully saturated rings. The van der Waals surface area contributed by atoms with Gasteiger partial charge < -0.3 is 5.32 Å². The molecule has 0 saturated heterocycles. The van der Waals surface area contributed by atoms with Gasteiger partial charge in [-0.05, 0) is 36.3 Å². The highest BCUT2D eigenvalue weighted by Crippen LogP contribution is 2.17. The molecule has 0 bridgehead atoms. The maximum absolute atomic E-state index is 12.0. The van der Waals surface area contributed by atoms with E-state index < -0.39 is 14.8 Å². The number of amides is 1. The van der Waals surface area contributed by atoms with Crippen molar-refractivity contribution in [3.05, 3.63) is 75.8 Å². The van der Waals surface area contributed by atoms with Crippen LogP contribution in [0, 0.1) is 10.1 Å². The van der Waals surface area contributed by atoms with Crippen molar-refractivity contribution in [1.29, 1.82) is 0 Å². The van der Waals surface area contributed by atoms with Crippen molar-refractivity contribution in [3.63, 3.8) is 0 Å². The van der Waals surface area contributed by atoms with E-state index in [1.54, 1.807) is 31.2 Å². The first-order chi connectivity index (χ1) is 12.2.